The van der Waals surface area contributed by atoms with Crippen molar-refractivity contribution in [2.75, 3.05) is 38.2 Å². The smallest absolute Gasteiger partial charge is 0.294 e. The number of anilines is 2. The van der Waals surface area contributed by atoms with E-state index in [4.69, 9.17) is 23.1 Å². The molecule has 1 fully saturated rings. The second-order valence-corrected chi connectivity index (χ2v) is 10.3. The SMILES string of the molecule is CN(C)CCN=C(N)c1ccc(CNC(=O)Cn2c(-c3cccc(N)c3)c(Cl)nc(NC3CCC3)c2=O)cc1. The number of nitrogens with zero attached hydrogens (tertiary/aromatic N) is 4. The number of nitrogens with two attached hydrogens (primary N) is 2. The fourth-order valence-electron chi connectivity index (χ4n) is 4.15. The van der Waals surface area contributed by atoms with Gasteiger partial charge in [0.2, 0.25) is 5.91 Å². The third kappa shape index (κ3) is 7.36. The Morgan fingerprint density at radius 1 is 1.21 bits per heavy atom. The average Bonchev–Trinajstić information content (AvgIpc) is 2.87. The first-order valence-corrected chi connectivity index (χ1v) is 13.3. The summed E-state index contributed by atoms with van der Waals surface area (Å²) in [6, 6.07) is 14.7. The molecular weight excluding hydrogens is 516 g/mol. The maximum absolute atomic E-state index is 13.4. The van der Waals surface area contributed by atoms with Crippen LogP contribution in [0.3, 0.4) is 0 Å². The summed E-state index contributed by atoms with van der Waals surface area (Å²) >= 11 is 6.58. The van der Waals surface area contributed by atoms with Gasteiger partial charge in [0, 0.05) is 35.9 Å². The highest BCUT2D eigenvalue weighted by Gasteiger charge is 2.23. The molecule has 39 heavy (non-hydrogen) atoms. The fraction of sp³-hybridized carbons (Fsp3) is 0.357. The van der Waals surface area contributed by atoms with E-state index in [1.165, 1.54) is 4.57 Å². The van der Waals surface area contributed by atoms with Gasteiger partial charge < -0.3 is 27.0 Å². The van der Waals surface area contributed by atoms with Crippen LogP contribution < -0.4 is 27.7 Å². The molecule has 1 aromatic heterocycles. The van der Waals surface area contributed by atoms with Crippen LogP contribution in [0.1, 0.15) is 30.4 Å². The van der Waals surface area contributed by atoms with Crippen molar-refractivity contribution in [2.45, 2.75) is 38.4 Å². The number of amides is 1. The van der Waals surface area contributed by atoms with E-state index >= 15 is 0 Å². The van der Waals surface area contributed by atoms with Crippen LogP contribution in [0.2, 0.25) is 5.15 Å². The number of benzene rings is 2. The Kier molecular flexibility index (Phi) is 9.21. The lowest BCUT2D eigenvalue weighted by molar-refractivity contribution is -0.121. The number of aliphatic imine (C=N–C) groups is 1. The molecule has 1 amide bonds. The molecule has 0 unspecified atom stereocenters. The Hall–Kier alpha value is -3.89. The zero-order valence-electron chi connectivity index (χ0n) is 22.3. The molecule has 0 spiro atoms. The highest BCUT2D eigenvalue weighted by Crippen LogP contribution is 2.29. The summed E-state index contributed by atoms with van der Waals surface area (Å²) in [5, 5.41) is 6.18. The number of nitrogens with one attached hydrogen (secondary N) is 2. The predicted molar refractivity (Wildman–Crippen MR) is 157 cm³/mol. The molecule has 206 valence electrons. The number of aromatic nitrogens is 2. The molecule has 6 N–H and O–H groups in total. The predicted octanol–water partition coefficient (Wildman–Crippen LogP) is 2.69. The molecular formula is C28H35ClN8O2. The van der Waals surface area contributed by atoms with Crippen LogP contribution in [-0.2, 0) is 17.9 Å². The minimum Gasteiger partial charge on any atom is -0.399 e. The standard InChI is InChI=1S/C28H35ClN8O2/c1-36(2)14-13-32-26(31)19-11-9-18(10-12-19)16-33-23(38)17-37-24(20-5-3-6-21(30)15-20)25(29)35-27(28(37)39)34-22-7-4-8-22/h3,5-6,9-12,15,22H,4,7-8,13-14,16-17,30H2,1-2H3,(H2,31,32)(H,33,38)(H,34,35). The number of halogens is 1. The molecule has 0 radical (unpaired) electrons. The van der Waals surface area contributed by atoms with Crippen molar-refractivity contribution in [1.82, 2.24) is 19.8 Å². The highest BCUT2D eigenvalue weighted by atomic mass is 35.5. The van der Waals surface area contributed by atoms with Crippen LogP contribution in [0, 0.1) is 0 Å². The monoisotopic (exact) mass is 550 g/mol. The van der Waals surface area contributed by atoms with Gasteiger partial charge in [-0.15, -0.1) is 0 Å². The van der Waals surface area contributed by atoms with E-state index in [-0.39, 0.29) is 36.0 Å². The molecule has 1 saturated carbocycles. The van der Waals surface area contributed by atoms with Gasteiger partial charge in [0.15, 0.2) is 11.0 Å². The van der Waals surface area contributed by atoms with E-state index in [1.54, 1.807) is 24.3 Å². The van der Waals surface area contributed by atoms with Crippen molar-refractivity contribution in [3.63, 3.8) is 0 Å². The minimum atomic E-state index is -0.410. The second kappa shape index (κ2) is 12.8. The maximum atomic E-state index is 13.4. The summed E-state index contributed by atoms with van der Waals surface area (Å²) in [5.41, 5.74) is 14.8. The van der Waals surface area contributed by atoms with E-state index < -0.39 is 5.56 Å². The second-order valence-electron chi connectivity index (χ2n) is 9.93. The van der Waals surface area contributed by atoms with Gasteiger partial charge in [-0.2, -0.15) is 0 Å². The molecule has 1 heterocycles. The number of hydrogen-bond donors (Lipinski definition) is 4. The van der Waals surface area contributed by atoms with Crippen LogP contribution in [0.25, 0.3) is 11.3 Å². The van der Waals surface area contributed by atoms with Crippen molar-refractivity contribution < 1.29 is 4.79 Å². The Balaban J connectivity index is 1.49. The molecule has 0 atom stereocenters. The zero-order valence-corrected chi connectivity index (χ0v) is 23.0. The van der Waals surface area contributed by atoms with Crippen LogP contribution in [0.4, 0.5) is 11.5 Å². The van der Waals surface area contributed by atoms with Gasteiger partial charge >= 0.3 is 0 Å². The third-order valence-corrected chi connectivity index (χ3v) is 6.86. The molecule has 1 aliphatic carbocycles. The minimum absolute atomic E-state index is 0.121. The van der Waals surface area contributed by atoms with Gasteiger partial charge in [0.25, 0.3) is 5.56 Å². The molecule has 4 rings (SSSR count). The number of rotatable bonds is 11. The van der Waals surface area contributed by atoms with Gasteiger partial charge in [0.05, 0.1) is 12.2 Å². The first kappa shape index (κ1) is 28.1. The number of carbonyl (C=O) groups is 1. The first-order valence-electron chi connectivity index (χ1n) is 12.9. The first-order chi connectivity index (χ1) is 18.7. The fourth-order valence-corrected chi connectivity index (χ4v) is 4.44. The van der Waals surface area contributed by atoms with Gasteiger partial charge in [-0.1, -0.05) is 48.0 Å². The van der Waals surface area contributed by atoms with Crippen LogP contribution >= 0.6 is 11.6 Å². The van der Waals surface area contributed by atoms with Gasteiger partial charge in [-0.25, -0.2) is 4.98 Å². The molecule has 0 saturated heterocycles. The van der Waals surface area contributed by atoms with Gasteiger partial charge in [-0.05, 0) is 51.1 Å². The number of carbonyl (C=O) groups excluding carboxylic acids is 1. The Labute approximate surface area is 233 Å². The molecule has 3 aromatic rings. The Bertz CT molecular complexity index is 1400. The summed E-state index contributed by atoms with van der Waals surface area (Å²) in [6.45, 7) is 1.48. The van der Waals surface area contributed by atoms with Crippen LogP contribution in [0.5, 0.6) is 0 Å². The largest absolute Gasteiger partial charge is 0.399 e. The summed E-state index contributed by atoms with van der Waals surface area (Å²) in [6.07, 6.45) is 3.02. The molecule has 11 heteroatoms. The zero-order chi connectivity index (χ0) is 27.9. The number of nitrogen functional groups attached to an aromatic ring is 1. The van der Waals surface area contributed by atoms with E-state index in [0.29, 0.717) is 29.3 Å². The lowest BCUT2D eigenvalue weighted by atomic mass is 9.93. The van der Waals surface area contributed by atoms with E-state index in [0.717, 1.165) is 36.9 Å². The topological polar surface area (TPSA) is 144 Å². The van der Waals surface area contributed by atoms with Crippen molar-refractivity contribution in [3.05, 3.63) is 75.2 Å². The number of likely N-dealkylation sites (N-methyl/N-ethyl adjacent to an activating group) is 1. The summed E-state index contributed by atoms with van der Waals surface area (Å²) < 4.78 is 1.36. The van der Waals surface area contributed by atoms with E-state index in [9.17, 15) is 9.59 Å². The highest BCUT2D eigenvalue weighted by molar-refractivity contribution is 6.32. The van der Waals surface area contributed by atoms with Crippen molar-refractivity contribution in [3.8, 4) is 11.3 Å². The van der Waals surface area contributed by atoms with Crippen LogP contribution in [-0.4, -0.2) is 59.4 Å². The molecule has 10 nitrogen and oxygen atoms in total. The Morgan fingerprint density at radius 3 is 2.59 bits per heavy atom. The molecule has 2 aromatic carbocycles. The molecule has 0 aliphatic heterocycles. The lowest BCUT2D eigenvalue weighted by Gasteiger charge is -2.27. The van der Waals surface area contributed by atoms with Crippen LogP contribution in [0.15, 0.2) is 58.3 Å². The quantitative estimate of drug-likeness (QED) is 0.163. The van der Waals surface area contributed by atoms with Crippen molar-refractivity contribution in [2.24, 2.45) is 10.7 Å². The summed E-state index contributed by atoms with van der Waals surface area (Å²) in [4.78, 5) is 37.2. The van der Waals surface area contributed by atoms with Gasteiger partial charge in [-0.3, -0.25) is 19.1 Å². The normalized spacial score (nSPS) is 13.8. The molecule has 0 bridgehead atoms. The van der Waals surface area contributed by atoms with Crippen molar-refractivity contribution in [1.29, 1.82) is 0 Å². The van der Waals surface area contributed by atoms with E-state index in [2.05, 4.69) is 20.6 Å². The summed E-state index contributed by atoms with van der Waals surface area (Å²) in [7, 11) is 3.97. The summed E-state index contributed by atoms with van der Waals surface area (Å²) in [5.74, 6) is 0.278. The number of hydrogen-bond acceptors (Lipinski definition) is 7. The van der Waals surface area contributed by atoms with Gasteiger partial charge in [0.1, 0.15) is 12.4 Å². The van der Waals surface area contributed by atoms with E-state index in [1.807, 2.05) is 43.3 Å². The Morgan fingerprint density at radius 2 is 1.95 bits per heavy atom. The lowest BCUT2D eigenvalue weighted by Crippen LogP contribution is -2.37. The van der Waals surface area contributed by atoms with Crippen molar-refractivity contribution >= 4 is 34.8 Å². The maximum Gasteiger partial charge on any atom is 0.294 e. The number of amidine groups is 1. The third-order valence-electron chi connectivity index (χ3n) is 6.60. The molecule has 1 aliphatic rings. The average molecular weight is 551 g/mol.